The fraction of sp³-hybridized carbons (Fsp3) is 0.895. The summed E-state index contributed by atoms with van der Waals surface area (Å²) in [5.41, 5.74) is 0. The van der Waals surface area contributed by atoms with Crippen LogP contribution in [0.2, 0.25) is 0 Å². The zero-order valence-electron chi connectivity index (χ0n) is 15.8. The number of carbonyl (C=O) groups is 1. The lowest BCUT2D eigenvalue weighted by atomic mass is 9.88. The first-order chi connectivity index (χ1) is 12.8. The fourth-order valence-electron chi connectivity index (χ4n) is 4.87. The molecule has 1 aromatic rings. The summed E-state index contributed by atoms with van der Waals surface area (Å²) in [6.45, 7) is 2.84. The van der Waals surface area contributed by atoms with Gasteiger partial charge in [0.2, 0.25) is 5.91 Å². The number of piperidine rings is 1. The van der Waals surface area contributed by atoms with Crippen LogP contribution in [0.3, 0.4) is 0 Å². The summed E-state index contributed by atoms with van der Waals surface area (Å²) in [6.07, 6.45) is 12.9. The molecule has 1 amide bonds. The molecule has 3 fully saturated rings. The maximum absolute atomic E-state index is 12.4. The van der Waals surface area contributed by atoms with E-state index in [1.807, 2.05) is 0 Å². The molecule has 144 valence electrons. The van der Waals surface area contributed by atoms with E-state index in [-0.39, 0.29) is 5.92 Å². The third-order valence-electron chi connectivity index (χ3n) is 6.51. The number of nitrogens with one attached hydrogen (secondary N) is 1. The van der Waals surface area contributed by atoms with Crippen LogP contribution >= 0.6 is 0 Å². The van der Waals surface area contributed by atoms with Gasteiger partial charge < -0.3 is 5.32 Å². The Kier molecular flexibility index (Phi) is 5.82. The highest BCUT2D eigenvalue weighted by Crippen LogP contribution is 2.29. The van der Waals surface area contributed by atoms with Crippen LogP contribution in [0.1, 0.15) is 82.5 Å². The van der Waals surface area contributed by atoms with Gasteiger partial charge in [-0.2, -0.15) is 0 Å². The third kappa shape index (κ3) is 4.24. The molecule has 2 heterocycles. The van der Waals surface area contributed by atoms with E-state index in [2.05, 4.69) is 30.4 Å². The first kappa shape index (κ1) is 17.9. The molecule has 2 saturated carbocycles. The largest absolute Gasteiger partial charge is 0.353 e. The van der Waals surface area contributed by atoms with Crippen LogP contribution in [0.5, 0.6) is 0 Å². The van der Waals surface area contributed by atoms with Crippen molar-refractivity contribution in [1.29, 1.82) is 0 Å². The highest BCUT2D eigenvalue weighted by Gasteiger charge is 2.27. The van der Waals surface area contributed by atoms with Gasteiger partial charge in [0.05, 0.1) is 12.6 Å². The number of likely N-dealkylation sites (tertiary alicyclic amines) is 1. The molecule has 1 aromatic heterocycles. The van der Waals surface area contributed by atoms with Crippen molar-refractivity contribution in [1.82, 2.24) is 30.4 Å². The Morgan fingerprint density at radius 2 is 1.65 bits per heavy atom. The maximum atomic E-state index is 12.4. The van der Waals surface area contributed by atoms with Crippen molar-refractivity contribution in [2.45, 2.75) is 89.3 Å². The van der Waals surface area contributed by atoms with E-state index in [1.54, 1.807) is 0 Å². The molecule has 0 spiro atoms. The van der Waals surface area contributed by atoms with Crippen molar-refractivity contribution in [2.24, 2.45) is 5.92 Å². The summed E-state index contributed by atoms with van der Waals surface area (Å²) in [5, 5.41) is 15.7. The summed E-state index contributed by atoms with van der Waals surface area (Å²) < 4.78 is 2.06. The minimum Gasteiger partial charge on any atom is -0.353 e. The van der Waals surface area contributed by atoms with Crippen molar-refractivity contribution in [3.8, 4) is 0 Å². The van der Waals surface area contributed by atoms with Gasteiger partial charge in [-0.1, -0.05) is 32.1 Å². The van der Waals surface area contributed by atoms with E-state index in [4.69, 9.17) is 0 Å². The summed E-state index contributed by atoms with van der Waals surface area (Å²) in [5.74, 6) is 1.56. The second kappa shape index (κ2) is 8.46. The molecule has 4 rings (SSSR count). The van der Waals surface area contributed by atoms with Gasteiger partial charge in [0.25, 0.3) is 0 Å². The predicted octanol–water partition coefficient (Wildman–Crippen LogP) is 2.45. The number of nitrogens with zero attached hydrogens (tertiary/aromatic N) is 5. The Labute approximate surface area is 155 Å². The van der Waals surface area contributed by atoms with Gasteiger partial charge >= 0.3 is 0 Å². The molecule has 0 atom stereocenters. The fourth-order valence-corrected chi connectivity index (χ4v) is 4.87. The zero-order valence-corrected chi connectivity index (χ0v) is 15.8. The van der Waals surface area contributed by atoms with Gasteiger partial charge in [-0.05, 0) is 49.0 Å². The number of carbonyl (C=O) groups excluding carboxylic acids is 1. The molecule has 0 aromatic carbocycles. The van der Waals surface area contributed by atoms with E-state index < -0.39 is 0 Å². The van der Waals surface area contributed by atoms with Crippen LogP contribution in [0.15, 0.2) is 0 Å². The van der Waals surface area contributed by atoms with Crippen molar-refractivity contribution < 1.29 is 4.79 Å². The molecule has 7 nitrogen and oxygen atoms in total. The van der Waals surface area contributed by atoms with Gasteiger partial charge in [-0.25, -0.2) is 4.68 Å². The number of hydrogen-bond donors (Lipinski definition) is 1. The molecule has 1 saturated heterocycles. The Morgan fingerprint density at radius 3 is 2.38 bits per heavy atom. The molecular weight excluding hydrogens is 328 g/mol. The molecular formula is C19H32N6O. The molecule has 26 heavy (non-hydrogen) atoms. The van der Waals surface area contributed by atoms with Gasteiger partial charge in [-0.3, -0.25) is 9.69 Å². The Bertz CT molecular complexity index is 583. The Balaban J connectivity index is 1.24. The van der Waals surface area contributed by atoms with Crippen molar-refractivity contribution in [3.05, 3.63) is 5.82 Å². The average Bonchev–Trinajstić information content (AvgIpc) is 3.35. The van der Waals surface area contributed by atoms with Crippen LogP contribution in [-0.4, -0.2) is 50.1 Å². The SMILES string of the molecule is O=C(NC1CCN(Cc2nnnn2C2CCCC2)CC1)C1CCCCC1. The lowest BCUT2D eigenvalue weighted by molar-refractivity contribution is -0.127. The van der Waals surface area contributed by atoms with Gasteiger partial charge in [0.1, 0.15) is 0 Å². The van der Waals surface area contributed by atoms with E-state index in [0.29, 0.717) is 18.0 Å². The second-order valence-electron chi connectivity index (χ2n) is 8.37. The van der Waals surface area contributed by atoms with Gasteiger partial charge in [-0.15, -0.1) is 5.10 Å². The van der Waals surface area contributed by atoms with Gasteiger partial charge in [0.15, 0.2) is 5.82 Å². The van der Waals surface area contributed by atoms with Crippen molar-refractivity contribution >= 4 is 5.91 Å². The highest BCUT2D eigenvalue weighted by atomic mass is 16.1. The number of amides is 1. The number of rotatable bonds is 5. The molecule has 3 aliphatic rings. The lowest BCUT2D eigenvalue weighted by Gasteiger charge is -2.33. The minimum atomic E-state index is 0.262. The topological polar surface area (TPSA) is 75.9 Å². The molecule has 1 aliphatic heterocycles. The minimum absolute atomic E-state index is 0.262. The average molecular weight is 361 g/mol. The predicted molar refractivity (Wildman–Crippen MR) is 98.3 cm³/mol. The summed E-state index contributed by atoms with van der Waals surface area (Å²) in [6, 6.07) is 0.832. The molecule has 1 N–H and O–H groups in total. The van der Waals surface area contributed by atoms with Crippen LogP contribution < -0.4 is 5.32 Å². The third-order valence-corrected chi connectivity index (χ3v) is 6.51. The molecule has 2 aliphatic carbocycles. The quantitative estimate of drug-likeness (QED) is 0.873. The number of tetrazole rings is 1. The molecule has 0 radical (unpaired) electrons. The van der Waals surface area contributed by atoms with E-state index in [1.165, 1.54) is 44.9 Å². The normalized spacial score (nSPS) is 24.2. The monoisotopic (exact) mass is 360 g/mol. The second-order valence-corrected chi connectivity index (χ2v) is 8.37. The summed E-state index contributed by atoms with van der Waals surface area (Å²) in [7, 11) is 0. The van der Waals surface area contributed by atoms with E-state index in [0.717, 1.165) is 51.1 Å². The van der Waals surface area contributed by atoms with E-state index in [9.17, 15) is 4.79 Å². The molecule has 7 heteroatoms. The lowest BCUT2D eigenvalue weighted by Crippen LogP contribution is -2.46. The maximum Gasteiger partial charge on any atom is 0.223 e. The van der Waals surface area contributed by atoms with Gasteiger partial charge in [0, 0.05) is 25.0 Å². The Morgan fingerprint density at radius 1 is 0.962 bits per heavy atom. The van der Waals surface area contributed by atoms with Crippen LogP contribution in [0.4, 0.5) is 0 Å². The summed E-state index contributed by atoms with van der Waals surface area (Å²) >= 11 is 0. The molecule has 0 bridgehead atoms. The Hall–Kier alpha value is -1.50. The zero-order chi connectivity index (χ0) is 17.8. The van der Waals surface area contributed by atoms with Crippen LogP contribution in [0.25, 0.3) is 0 Å². The van der Waals surface area contributed by atoms with Crippen molar-refractivity contribution in [3.63, 3.8) is 0 Å². The highest BCUT2D eigenvalue weighted by molar-refractivity contribution is 5.79. The van der Waals surface area contributed by atoms with Crippen LogP contribution in [0, 0.1) is 5.92 Å². The first-order valence-electron chi connectivity index (χ1n) is 10.6. The standard InChI is InChI=1S/C19H32N6O/c26-19(15-6-2-1-3-7-15)20-16-10-12-24(13-11-16)14-18-21-22-23-25(18)17-8-4-5-9-17/h15-17H,1-14H2,(H,20,26). The van der Waals surface area contributed by atoms with Crippen LogP contribution in [-0.2, 0) is 11.3 Å². The van der Waals surface area contributed by atoms with Crippen molar-refractivity contribution in [2.75, 3.05) is 13.1 Å². The first-order valence-corrected chi connectivity index (χ1v) is 10.6. The summed E-state index contributed by atoms with van der Waals surface area (Å²) in [4.78, 5) is 14.9. The number of hydrogen-bond acceptors (Lipinski definition) is 5. The van der Waals surface area contributed by atoms with E-state index >= 15 is 0 Å². The smallest absolute Gasteiger partial charge is 0.223 e. The number of aromatic nitrogens is 4. The molecule has 0 unspecified atom stereocenters.